The zero-order valence-corrected chi connectivity index (χ0v) is 9.91. The molecule has 2 aromatic carbocycles. The molecule has 0 aromatic heterocycles. The lowest BCUT2D eigenvalue weighted by Crippen LogP contribution is -1.84. The standard InChI is InChI=1S/C15H16O/c1-10-4-5-14(15(16)9-10)13-7-11(2)6-12(3)8-13/h4-9,16H,1-3H3. The molecule has 0 spiro atoms. The molecule has 0 amide bonds. The van der Waals surface area contributed by atoms with Crippen LogP contribution in [0.5, 0.6) is 5.75 Å². The molecule has 0 bridgehead atoms. The molecular weight excluding hydrogens is 196 g/mol. The average Bonchev–Trinajstić information content (AvgIpc) is 2.15. The van der Waals surface area contributed by atoms with Crippen LogP contribution >= 0.6 is 0 Å². The van der Waals surface area contributed by atoms with Crippen molar-refractivity contribution in [2.75, 3.05) is 0 Å². The molecule has 0 fully saturated rings. The molecule has 0 heterocycles. The second-order valence-electron chi connectivity index (χ2n) is 4.40. The fraction of sp³-hybridized carbons (Fsp3) is 0.200. The van der Waals surface area contributed by atoms with Gasteiger partial charge in [-0.3, -0.25) is 0 Å². The number of benzene rings is 2. The van der Waals surface area contributed by atoms with Crippen LogP contribution in [0.1, 0.15) is 16.7 Å². The number of hydrogen-bond donors (Lipinski definition) is 1. The Morgan fingerprint density at radius 1 is 0.750 bits per heavy atom. The van der Waals surface area contributed by atoms with Crippen molar-refractivity contribution < 1.29 is 5.11 Å². The van der Waals surface area contributed by atoms with Crippen LogP contribution < -0.4 is 0 Å². The largest absolute Gasteiger partial charge is 0.507 e. The van der Waals surface area contributed by atoms with E-state index in [4.69, 9.17) is 0 Å². The minimum absolute atomic E-state index is 0.352. The number of phenolic OH excluding ortho intramolecular Hbond substituents is 1. The van der Waals surface area contributed by atoms with E-state index in [0.717, 1.165) is 16.7 Å². The van der Waals surface area contributed by atoms with Crippen LogP contribution in [0.2, 0.25) is 0 Å². The van der Waals surface area contributed by atoms with Crippen LogP contribution in [0.25, 0.3) is 11.1 Å². The summed E-state index contributed by atoms with van der Waals surface area (Å²) in [5, 5.41) is 9.93. The van der Waals surface area contributed by atoms with Gasteiger partial charge in [-0.25, -0.2) is 0 Å². The third kappa shape index (κ3) is 2.08. The van der Waals surface area contributed by atoms with Gasteiger partial charge >= 0.3 is 0 Å². The first-order valence-corrected chi connectivity index (χ1v) is 5.44. The fourth-order valence-corrected chi connectivity index (χ4v) is 2.02. The molecule has 2 rings (SSSR count). The van der Waals surface area contributed by atoms with Crippen molar-refractivity contribution >= 4 is 0 Å². The number of phenols is 1. The maximum absolute atomic E-state index is 9.93. The molecular formula is C15H16O. The summed E-state index contributed by atoms with van der Waals surface area (Å²) < 4.78 is 0. The summed E-state index contributed by atoms with van der Waals surface area (Å²) >= 11 is 0. The van der Waals surface area contributed by atoms with Crippen molar-refractivity contribution in [1.82, 2.24) is 0 Å². The monoisotopic (exact) mass is 212 g/mol. The lowest BCUT2D eigenvalue weighted by atomic mass is 9.99. The van der Waals surface area contributed by atoms with E-state index in [1.165, 1.54) is 11.1 Å². The molecule has 1 nitrogen and oxygen atoms in total. The molecule has 0 aliphatic rings. The van der Waals surface area contributed by atoms with Crippen molar-refractivity contribution in [2.45, 2.75) is 20.8 Å². The average molecular weight is 212 g/mol. The molecule has 82 valence electrons. The number of hydrogen-bond acceptors (Lipinski definition) is 1. The van der Waals surface area contributed by atoms with Gasteiger partial charge in [0.15, 0.2) is 0 Å². The highest BCUT2D eigenvalue weighted by molar-refractivity contribution is 5.71. The highest BCUT2D eigenvalue weighted by atomic mass is 16.3. The van der Waals surface area contributed by atoms with E-state index in [2.05, 4.69) is 32.0 Å². The van der Waals surface area contributed by atoms with E-state index in [1.54, 1.807) is 6.07 Å². The van der Waals surface area contributed by atoms with E-state index in [1.807, 2.05) is 19.1 Å². The van der Waals surface area contributed by atoms with Gasteiger partial charge in [0.25, 0.3) is 0 Å². The minimum Gasteiger partial charge on any atom is -0.507 e. The summed E-state index contributed by atoms with van der Waals surface area (Å²) in [5.74, 6) is 0.352. The fourth-order valence-electron chi connectivity index (χ4n) is 2.02. The number of rotatable bonds is 1. The third-order valence-electron chi connectivity index (χ3n) is 2.69. The van der Waals surface area contributed by atoms with Crippen LogP contribution in [0, 0.1) is 20.8 Å². The van der Waals surface area contributed by atoms with Crippen LogP contribution in [-0.4, -0.2) is 5.11 Å². The molecule has 0 saturated carbocycles. The Morgan fingerprint density at radius 3 is 1.94 bits per heavy atom. The van der Waals surface area contributed by atoms with Gasteiger partial charge in [0.1, 0.15) is 5.75 Å². The summed E-state index contributed by atoms with van der Waals surface area (Å²) in [6.45, 7) is 6.12. The van der Waals surface area contributed by atoms with Crippen molar-refractivity contribution in [3.8, 4) is 16.9 Å². The molecule has 1 heteroatoms. The zero-order chi connectivity index (χ0) is 11.7. The minimum atomic E-state index is 0.352. The predicted molar refractivity (Wildman–Crippen MR) is 67.8 cm³/mol. The maximum atomic E-state index is 9.93. The van der Waals surface area contributed by atoms with Crippen molar-refractivity contribution in [3.05, 3.63) is 53.1 Å². The van der Waals surface area contributed by atoms with Crippen LogP contribution in [0.15, 0.2) is 36.4 Å². The molecule has 16 heavy (non-hydrogen) atoms. The van der Waals surface area contributed by atoms with E-state index in [-0.39, 0.29) is 0 Å². The SMILES string of the molecule is Cc1cc(C)cc(-c2ccc(C)cc2O)c1. The quantitative estimate of drug-likeness (QED) is 0.758. The first-order chi connectivity index (χ1) is 7.56. The molecule has 1 N–H and O–H groups in total. The molecule has 0 aliphatic heterocycles. The molecule has 2 aromatic rings. The van der Waals surface area contributed by atoms with Crippen LogP contribution in [-0.2, 0) is 0 Å². The van der Waals surface area contributed by atoms with Gasteiger partial charge < -0.3 is 5.11 Å². The Balaban J connectivity index is 2.58. The lowest BCUT2D eigenvalue weighted by Gasteiger charge is -2.08. The normalized spacial score (nSPS) is 10.4. The smallest absolute Gasteiger partial charge is 0.123 e. The Labute approximate surface area is 96.4 Å². The Hall–Kier alpha value is -1.76. The second kappa shape index (κ2) is 4.01. The van der Waals surface area contributed by atoms with Gasteiger partial charge in [0.05, 0.1) is 0 Å². The lowest BCUT2D eigenvalue weighted by molar-refractivity contribution is 0.477. The summed E-state index contributed by atoms with van der Waals surface area (Å²) in [7, 11) is 0. The summed E-state index contributed by atoms with van der Waals surface area (Å²) in [6.07, 6.45) is 0. The molecule has 0 saturated heterocycles. The van der Waals surface area contributed by atoms with E-state index < -0.39 is 0 Å². The van der Waals surface area contributed by atoms with E-state index in [0.29, 0.717) is 5.75 Å². The first kappa shape index (κ1) is 10.7. The van der Waals surface area contributed by atoms with Gasteiger partial charge in [-0.2, -0.15) is 0 Å². The van der Waals surface area contributed by atoms with E-state index >= 15 is 0 Å². The number of aryl methyl sites for hydroxylation is 3. The van der Waals surface area contributed by atoms with Crippen molar-refractivity contribution in [2.24, 2.45) is 0 Å². The summed E-state index contributed by atoms with van der Waals surface area (Å²) in [5.41, 5.74) is 5.49. The zero-order valence-electron chi connectivity index (χ0n) is 9.91. The molecule has 0 aliphatic carbocycles. The molecule has 0 unspecified atom stereocenters. The van der Waals surface area contributed by atoms with Gasteiger partial charge in [0.2, 0.25) is 0 Å². The van der Waals surface area contributed by atoms with E-state index in [9.17, 15) is 5.11 Å². The highest BCUT2D eigenvalue weighted by Gasteiger charge is 2.05. The van der Waals surface area contributed by atoms with Crippen molar-refractivity contribution in [1.29, 1.82) is 0 Å². The second-order valence-corrected chi connectivity index (χ2v) is 4.40. The number of aromatic hydroxyl groups is 1. The third-order valence-corrected chi connectivity index (χ3v) is 2.69. The van der Waals surface area contributed by atoms with Gasteiger partial charge in [0, 0.05) is 5.56 Å². The first-order valence-electron chi connectivity index (χ1n) is 5.44. The predicted octanol–water partition coefficient (Wildman–Crippen LogP) is 3.98. The van der Waals surface area contributed by atoms with Gasteiger partial charge in [-0.1, -0.05) is 41.5 Å². The summed E-state index contributed by atoms with van der Waals surface area (Å²) in [6, 6.07) is 12.1. The molecule has 0 radical (unpaired) electrons. The highest BCUT2D eigenvalue weighted by Crippen LogP contribution is 2.30. The van der Waals surface area contributed by atoms with Gasteiger partial charge in [-0.15, -0.1) is 0 Å². The topological polar surface area (TPSA) is 20.2 Å². The van der Waals surface area contributed by atoms with Crippen LogP contribution in [0.3, 0.4) is 0 Å². The van der Waals surface area contributed by atoms with Gasteiger partial charge in [-0.05, 0) is 38.0 Å². The van der Waals surface area contributed by atoms with Crippen molar-refractivity contribution in [3.63, 3.8) is 0 Å². The Morgan fingerprint density at radius 2 is 1.38 bits per heavy atom. The molecule has 0 atom stereocenters. The maximum Gasteiger partial charge on any atom is 0.123 e. The summed E-state index contributed by atoms with van der Waals surface area (Å²) in [4.78, 5) is 0. The Kier molecular flexibility index (Phi) is 2.69. The van der Waals surface area contributed by atoms with Crippen LogP contribution in [0.4, 0.5) is 0 Å². The Bertz CT molecular complexity index is 507.